The van der Waals surface area contributed by atoms with Crippen LogP contribution in [0, 0.1) is 18.8 Å². The molecule has 0 saturated carbocycles. The van der Waals surface area contributed by atoms with E-state index in [9.17, 15) is 9.90 Å². The molecule has 0 amide bonds. The molecule has 0 heterocycles. The van der Waals surface area contributed by atoms with Gasteiger partial charge in [0.1, 0.15) is 0 Å². The Labute approximate surface area is 121 Å². The number of hydrogen-bond donors (Lipinski definition) is 2. The van der Waals surface area contributed by atoms with Crippen LogP contribution in [-0.4, -0.2) is 24.2 Å². The minimum absolute atomic E-state index is 0.192. The number of rotatable bonds is 6. The predicted octanol–water partition coefficient (Wildman–Crippen LogP) is 3.39. The van der Waals surface area contributed by atoms with E-state index < -0.39 is 5.97 Å². The molecule has 0 aliphatic carbocycles. The minimum atomic E-state index is -0.971. The topological polar surface area (TPSA) is 66.6 Å². The Hall–Kier alpha value is -1.71. The molecule has 0 atom stereocenters. The molecule has 0 spiro atoms. The summed E-state index contributed by atoms with van der Waals surface area (Å²) in [5.74, 6) is 0.0567. The number of anilines is 2. The van der Waals surface area contributed by atoms with Crippen molar-refractivity contribution in [1.82, 2.24) is 0 Å². The standard InChI is InChI=1S/C16H26N2O2/c1-10(2)8-18(9-11(3)4)13-6-12(5)15(17)14(7-13)16(19)20/h6-7,10-11H,8-9,17H2,1-5H3,(H,19,20). The third-order valence-electron chi connectivity index (χ3n) is 3.14. The number of benzene rings is 1. The number of nitrogens with zero attached hydrogens (tertiary/aromatic N) is 1. The Morgan fingerprint density at radius 2 is 1.70 bits per heavy atom. The van der Waals surface area contributed by atoms with Gasteiger partial charge < -0.3 is 15.7 Å². The highest BCUT2D eigenvalue weighted by atomic mass is 16.4. The number of aromatic carboxylic acids is 1. The zero-order valence-corrected chi connectivity index (χ0v) is 13.1. The largest absolute Gasteiger partial charge is 0.478 e. The van der Waals surface area contributed by atoms with Crippen LogP contribution >= 0.6 is 0 Å². The molecule has 0 fully saturated rings. The van der Waals surface area contributed by atoms with Gasteiger partial charge in [0.15, 0.2) is 0 Å². The molecule has 4 heteroatoms. The van der Waals surface area contributed by atoms with E-state index >= 15 is 0 Å². The van der Waals surface area contributed by atoms with E-state index in [1.54, 1.807) is 6.07 Å². The number of aryl methyl sites for hydroxylation is 1. The van der Waals surface area contributed by atoms with Gasteiger partial charge >= 0.3 is 5.97 Å². The molecule has 3 N–H and O–H groups in total. The van der Waals surface area contributed by atoms with Crippen molar-refractivity contribution < 1.29 is 9.90 Å². The van der Waals surface area contributed by atoms with E-state index in [1.807, 2.05) is 13.0 Å². The van der Waals surface area contributed by atoms with Gasteiger partial charge in [-0.15, -0.1) is 0 Å². The lowest BCUT2D eigenvalue weighted by Crippen LogP contribution is -2.31. The molecule has 0 radical (unpaired) electrons. The number of nitrogen functional groups attached to an aromatic ring is 1. The van der Waals surface area contributed by atoms with Crippen LogP contribution in [0.15, 0.2) is 12.1 Å². The Kier molecular flexibility index (Phi) is 5.43. The highest BCUT2D eigenvalue weighted by molar-refractivity contribution is 5.95. The van der Waals surface area contributed by atoms with Gasteiger partial charge in [-0.25, -0.2) is 4.79 Å². The molecule has 0 aliphatic heterocycles. The highest BCUT2D eigenvalue weighted by Gasteiger charge is 2.16. The second-order valence-electron chi connectivity index (χ2n) is 6.22. The zero-order chi connectivity index (χ0) is 15.4. The summed E-state index contributed by atoms with van der Waals surface area (Å²) in [6, 6.07) is 3.67. The molecular weight excluding hydrogens is 252 g/mol. The second-order valence-corrected chi connectivity index (χ2v) is 6.22. The van der Waals surface area contributed by atoms with Crippen molar-refractivity contribution >= 4 is 17.3 Å². The average molecular weight is 278 g/mol. The lowest BCUT2D eigenvalue weighted by Gasteiger charge is -2.29. The van der Waals surface area contributed by atoms with E-state index in [2.05, 4.69) is 32.6 Å². The quantitative estimate of drug-likeness (QED) is 0.783. The summed E-state index contributed by atoms with van der Waals surface area (Å²) in [6.45, 7) is 12.3. The van der Waals surface area contributed by atoms with Gasteiger partial charge in [-0.1, -0.05) is 27.7 Å². The number of carbonyl (C=O) groups is 1. The van der Waals surface area contributed by atoms with Crippen molar-refractivity contribution in [3.05, 3.63) is 23.3 Å². The lowest BCUT2D eigenvalue weighted by atomic mass is 10.0. The maximum Gasteiger partial charge on any atom is 0.337 e. The van der Waals surface area contributed by atoms with Gasteiger partial charge in [0.05, 0.1) is 5.56 Å². The summed E-state index contributed by atoms with van der Waals surface area (Å²) in [6.07, 6.45) is 0. The molecule has 0 bridgehead atoms. The van der Waals surface area contributed by atoms with Crippen LogP contribution in [0.3, 0.4) is 0 Å². The molecule has 0 aliphatic rings. The lowest BCUT2D eigenvalue weighted by molar-refractivity contribution is 0.0698. The summed E-state index contributed by atoms with van der Waals surface area (Å²) in [4.78, 5) is 13.5. The monoisotopic (exact) mass is 278 g/mol. The molecule has 20 heavy (non-hydrogen) atoms. The third-order valence-corrected chi connectivity index (χ3v) is 3.14. The van der Waals surface area contributed by atoms with E-state index in [0.717, 1.165) is 24.3 Å². The molecule has 112 valence electrons. The van der Waals surface area contributed by atoms with Crippen LogP contribution in [0.5, 0.6) is 0 Å². The van der Waals surface area contributed by atoms with Gasteiger partial charge in [-0.05, 0) is 36.5 Å². The van der Waals surface area contributed by atoms with Crippen LogP contribution in [0.1, 0.15) is 43.6 Å². The smallest absolute Gasteiger partial charge is 0.337 e. The second kappa shape index (κ2) is 6.64. The van der Waals surface area contributed by atoms with Crippen molar-refractivity contribution in [3.8, 4) is 0 Å². The van der Waals surface area contributed by atoms with Gasteiger partial charge in [0, 0.05) is 24.5 Å². The minimum Gasteiger partial charge on any atom is -0.478 e. The van der Waals surface area contributed by atoms with Crippen LogP contribution in [-0.2, 0) is 0 Å². The molecule has 0 aromatic heterocycles. The Balaban J connectivity index is 3.22. The summed E-state index contributed by atoms with van der Waals surface area (Å²) in [7, 11) is 0. The van der Waals surface area contributed by atoms with E-state index in [0.29, 0.717) is 17.5 Å². The summed E-state index contributed by atoms with van der Waals surface area (Å²) in [5, 5.41) is 9.26. The first-order chi connectivity index (χ1) is 9.22. The number of carboxylic acid groups (broad SMARTS) is 1. The average Bonchev–Trinajstić information content (AvgIpc) is 2.29. The van der Waals surface area contributed by atoms with Crippen LogP contribution in [0.4, 0.5) is 11.4 Å². The molecule has 1 rings (SSSR count). The first-order valence-corrected chi connectivity index (χ1v) is 7.10. The first kappa shape index (κ1) is 16.3. The number of hydrogen-bond acceptors (Lipinski definition) is 3. The van der Waals surface area contributed by atoms with Crippen molar-refractivity contribution in [2.45, 2.75) is 34.6 Å². The van der Waals surface area contributed by atoms with Crippen molar-refractivity contribution in [2.24, 2.45) is 11.8 Å². The van der Waals surface area contributed by atoms with Gasteiger partial charge in [0.25, 0.3) is 0 Å². The van der Waals surface area contributed by atoms with Crippen LogP contribution in [0.2, 0.25) is 0 Å². The first-order valence-electron chi connectivity index (χ1n) is 7.10. The third kappa shape index (κ3) is 4.15. The fourth-order valence-corrected chi connectivity index (χ4v) is 2.31. The molecular formula is C16H26N2O2. The number of nitrogens with two attached hydrogens (primary N) is 1. The van der Waals surface area contributed by atoms with Crippen molar-refractivity contribution in [2.75, 3.05) is 23.7 Å². The van der Waals surface area contributed by atoms with E-state index in [-0.39, 0.29) is 5.56 Å². The maximum atomic E-state index is 11.3. The maximum absolute atomic E-state index is 11.3. The molecule has 1 aromatic carbocycles. The van der Waals surface area contributed by atoms with Gasteiger partial charge in [-0.3, -0.25) is 0 Å². The van der Waals surface area contributed by atoms with Crippen molar-refractivity contribution in [3.63, 3.8) is 0 Å². The SMILES string of the molecule is Cc1cc(N(CC(C)C)CC(C)C)cc(C(=O)O)c1N. The summed E-state index contributed by atoms with van der Waals surface area (Å²) >= 11 is 0. The Morgan fingerprint density at radius 3 is 2.10 bits per heavy atom. The van der Waals surface area contributed by atoms with E-state index in [1.165, 1.54) is 0 Å². The fourth-order valence-electron chi connectivity index (χ4n) is 2.31. The zero-order valence-electron chi connectivity index (χ0n) is 13.1. The summed E-state index contributed by atoms with van der Waals surface area (Å²) < 4.78 is 0. The van der Waals surface area contributed by atoms with Crippen LogP contribution < -0.4 is 10.6 Å². The van der Waals surface area contributed by atoms with Gasteiger partial charge in [0.2, 0.25) is 0 Å². The molecule has 1 aromatic rings. The summed E-state index contributed by atoms with van der Waals surface area (Å²) in [5.41, 5.74) is 8.16. The Bertz CT molecular complexity index is 472. The normalized spacial score (nSPS) is 11.2. The molecule has 0 unspecified atom stereocenters. The van der Waals surface area contributed by atoms with E-state index in [4.69, 9.17) is 5.73 Å². The van der Waals surface area contributed by atoms with Gasteiger partial charge in [-0.2, -0.15) is 0 Å². The predicted molar refractivity (Wildman–Crippen MR) is 84.4 cm³/mol. The molecule has 4 nitrogen and oxygen atoms in total. The van der Waals surface area contributed by atoms with Crippen LogP contribution in [0.25, 0.3) is 0 Å². The molecule has 0 saturated heterocycles. The number of carboxylic acids is 1. The highest BCUT2D eigenvalue weighted by Crippen LogP contribution is 2.26. The fraction of sp³-hybridized carbons (Fsp3) is 0.562. The van der Waals surface area contributed by atoms with Crippen molar-refractivity contribution in [1.29, 1.82) is 0 Å². The Morgan fingerprint density at radius 1 is 1.20 bits per heavy atom.